The Balaban J connectivity index is 2.40. The molecule has 1 unspecified atom stereocenters. The van der Waals surface area contributed by atoms with E-state index in [1.54, 1.807) is 0 Å². The lowest BCUT2D eigenvalue weighted by atomic mass is 9.92. The zero-order valence-corrected chi connectivity index (χ0v) is 7.39. The molecule has 0 spiro atoms. The van der Waals surface area contributed by atoms with Gasteiger partial charge in [0, 0.05) is 13.0 Å². The van der Waals surface area contributed by atoms with Crippen LogP contribution in [0.5, 0.6) is 0 Å². The summed E-state index contributed by atoms with van der Waals surface area (Å²) in [5.74, 6) is 1.63. The maximum absolute atomic E-state index is 10.9. The lowest BCUT2D eigenvalue weighted by molar-refractivity contribution is -0.120. The number of hydrogen-bond acceptors (Lipinski definition) is 1. The summed E-state index contributed by atoms with van der Waals surface area (Å²) in [6.45, 7) is 5.33. The number of nitrogens with one attached hydrogen (secondary N) is 1. The topological polar surface area (TPSA) is 29.1 Å². The third-order valence-corrected chi connectivity index (χ3v) is 2.48. The van der Waals surface area contributed by atoms with E-state index in [2.05, 4.69) is 19.2 Å². The molecule has 0 aromatic heterocycles. The smallest absolute Gasteiger partial charge is 0.220 e. The van der Waals surface area contributed by atoms with Crippen molar-refractivity contribution in [2.24, 2.45) is 11.8 Å². The molecule has 2 heteroatoms. The van der Waals surface area contributed by atoms with Gasteiger partial charge in [-0.05, 0) is 24.7 Å². The van der Waals surface area contributed by atoms with Crippen molar-refractivity contribution in [2.45, 2.75) is 33.1 Å². The molecule has 0 radical (unpaired) electrons. The van der Waals surface area contributed by atoms with Gasteiger partial charge in [0.15, 0.2) is 0 Å². The van der Waals surface area contributed by atoms with Gasteiger partial charge >= 0.3 is 0 Å². The first-order valence-electron chi connectivity index (χ1n) is 4.47. The van der Waals surface area contributed by atoms with Gasteiger partial charge in [0.1, 0.15) is 0 Å². The first kappa shape index (κ1) is 8.57. The van der Waals surface area contributed by atoms with E-state index >= 15 is 0 Å². The molecule has 0 bridgehead atoms. The average molecular weight is 155 g/mol. The quantitative estimate of drug-likeness (QED) is 0.611. The standard InChI is InChI=1S/C9H17NO/c1-7(2)8-4-3-5-9(11)10-6-8/h7-8H,3-6H2,1-2H3,(H,10,11). The molecule has 1 heterocycles. The Hall–Kier alpha value is -0.530. The first-order chi connectivity index (χ1) is 5.20. The molecule has 1 rings (SSSR count). The fraction of sp³-hybridized carbons (Fsp3) is 0.889. The van der Waals surface area contributed by atoms with E-state index in [4.69, 9.17) is 0 Å². The molecule has 1 N–H and O–H groups in total. The SMILES string of the molecule is CC(C)C1CCCC(=O)NC1. The van der Waals surface area contributed by atoms with Gasteiger partial charge in [-0.15, -0.1) is 0 Å². The molecule has 1 aliphatic heterocycles. The Bertz CT molecular complexity index is 142. The van der Waals surface area contributed by atoms with Gasteiger partial charge in [0.05, 0.1) is 0 Å². The Morgan fingerprint density at radius 3 is 2.91 bits per heavy atom. The van der Waals surface area contributed by atoms with Crippen LogP contribution in [0.15, 0.2) is 0 Å². The van der Waals surface area contributed by atoms with Gasteiger partial charge in [-0.3, -0.25) is 4.79 Å². The van der Waals surface area contributed by atoms with E-state index in [-0.39, 0.29) is 5.91 Å². The molecular weight excluding hydrogens is 138 g/mol. The number of hydrogen-bond donors (Lipinski definition) is 1. The molecule has 2 nitrogen and oxygen atoms in total. The van der Waals surface area contributed by atoms with Crippen molar-refractivity contribution in [3.05, 3.63) is 0 Å². The van der Waals surface area contributed by atoms with E-state index in [1.165, 1.54) is 6.42 Å². The van der Waals surface area contributed by atoms with Crippen molar-refractivity contribution in [1.29, 1.82) is 0 Å². The summed E-state index contributed by atoms with van der Waals surface area (Å²) in [5.41, 5.74) is 0. The second-order valence-corrected chi connectivity index (χ2v) is 3.70. The van der Waals surface area contributed by atoms with Crippen LogP contribution in [0, 0.1) is 11.8 Å². The number of carbonyl (C=O) groups excluding carboxylic acids is 1. The Labute approximate surface area is 68.4 Å². The maximum atomic E-state index is 10.9. The van der Waals surface area contributed by atoms with Crippen LogP contribution in [-0.2, 0) is 4.79 Å². The van der Waals surface area contributed by atoms with Gasteiger partial charge < -0.3 is 5.32 Å². The van der Waals surface area contributed by atoms with Crippen LogP contribution in [0.3, 0.4) is 0 Å². The minimum atomic E-state index is 0.230. The van der Waals surface area contributed by atoms with E-state index in [1.807, 2.05) is 0 Å². The Morgan fingerprint density at radius 1 is 1.55 bits per heavy atom. The monoisotopic (exact) mass is 155 g/mol. The molecule has 0 aliphatic carbocycles. The molecule has 1 saturated heterocycles. The third-order valence-electron chi connectivity index (χ3n) is 2.48. The van der Waals surface area contributed by atoms with E-state index in [9.17, 15) is 4.79 Å². The molecule has 1 atom stereocenters. The largest absolute Gasteiger partial charge is 0.356 e. The van der Waals surface area contributed by atoms with Gasteiger partial charge in [-0.2, -0.15) is 0 Å². The third kappa shape index (κ3) is 2.52. The number of amides is 1. The van der Waals surface area contributed by atoms with Crippen LogP contribution in [-0.4, -0.2) is 12.5 Å². The highest BCUT2D eigenvalue weighted by atomic mass is 16.1. The van der Waals surface area contributed by atoms with Crippen LogP contribution in [0.4, 0.5) is 0 Å². The van der Waals surface area contributed by atoms with Crippen molar-refractivity contribution < 1.29 is 4.79 Å². The molecular formula is C9H17NO. The molecule has 0 saturated carbocycles. The average Bonchev–Trinajstić information content (AvgIpc) is 2.13. The second-order valence-electron chi connectivity index (χ2n) is 3.70. The fourth-order valence-corrected chi connectivity index (χ4v) is 1.53. The second kappa shape index (κ2) is 3.74. The van der Waals surface area contributed by atoms with Crippen molar-refractivity contribution in [3.8, 4) is 0 Å². The van der Waals surface area contributed by atoms with Crippen LogP contribution in [0.2, 0.25) is 0 Å². The summed E-state index contributed by atoms with van der Waals surface area (Å²) in [6, 6.07) is 0. The molecule has 11 heavy (non-hydrogen) atoms. The summed E-state index contributed by atoms with van der Waals surface area (Å²) in [7, 11) is 0. The molecule has 0 aromatic rings. The normalized spacial score (nSPS) is 26.5. The zero-order chi connectivity index (χ0) is 8.27. The number of rotatable bonds is 1. The summed E-state index contributed by atoms with van der Waals surface area (Å²) in [6.07, 6.45) is 2.99. The maximum Gasteiger partial charge on any atom is 0.220 e. The fourth-order valence-electron chi connectivity index (χ4n) is 1.53. The zero-order valence-electron chi connectivity index (χ0n) is 7.39. The summed E-state index contributed by atoms with van der Waals surface area (Å²) < 4.78 is 0. The Kier molecular flexibility index (Phi) is 2.92. The Morgan fingerprint density at radius 2 is 2.27 bits per heavy atom. The number of carbonyl (C=O) groups is 1. The molecule has 64 valence electrons. The highest BCUT2D eigenvalue weighted by Crippen LogP contribution is 2.19. The first-order valence-corrected chi connectivity index (χ1v) is 4.47. The predicted molar refractivity (Wildman–Crippen MR) is 45.2 cm³/mol. The van der Waals surface area contributed by atoms with E-state index in [0.29, 0.717) is 11.8 Å². The van der Waals surface area contributed by atoms with Crippen molar-refractivity contribution in [1.82, 2.24) is 5.32 Å². The molecule has 0 aromatic carbocycles. The minimum Gasteiger partial charge on any atom is -0.356 e. The lowest BCUT2D eigenvalue weighted by Crippen LogP contribution is -2.27. The highest BCUT2D eigenvalue weighted by molar-refractivity contribution is 5.76. The van der Waals surface area contributed by atoms with Gasteiger partial charge in [-0.25, -0.2) is 0 Å². The van der Waals surface area contributed by atoms with Crippen molar-refractivity contribution >= 4 is 5.91 Å². The van der Waals surface area contributed by atoms with Gasteiger partial charge in [-0.1, -0.05) is 13.8 Å². The molecule has 1 amide bonds. The predicted octanol–water partition coefficient (Wildman–Crippen LogP) is 1.56. The summed E-state index contributed by atoms with van der Waals surface area (Å²) in [5, 5.41) is 2.94. The van der Waals surface area contributed by atoms with Crippen LogP contribution in [0.25, 0.3) is 0 Å². The molecule has 1 aliphatic rings. The highest BCUT2D eigenvalue weighted by Gasteiger charge is 2.17. The van der Waals surface area contributed by atoms with Crippen LogP contribution >= 0.6 is 0 Å². The van der Waals surface area contributed by atoms with E-state index < -0.39 is 0 Å². The summed E-state index contributed by atoms with van der Waals surface area (Å²) >= 11 is 0. The lowest BCUT2D eigenvalue weighted by Gasteiger charge is -2.17. The van der Waals surface area contributed by atoms with E-state index in [0.717, 1.165) is 19.4 Å². The summed E-state index contributed by atoms with van der Waals surface area (Å²) in [4.78, 5) is 10.9. The molecule has 1 fully saturated rings. The van der Waals surface area contributed by atoms with Crippen molar-refractivity contribution in [2.75, 3.05) is 6.54 Å². The van der Waals surface area contributed by atoms with Gasteiger partial charge in [0.2, 0.25) is 5.91 Å². The van der Waals surface area contributed by atoms with Gasteiger partial charge in [0.25, 0.3) is 0 Å². The van der Waals surface area contributed by atoms with Crippen LogP contribution in [0.1, 0.15) is 33.1 Å². The minimum absolute atomic E-state index is 0.230. The van der Waals surface area contributed by atoms with Crippen molar-refractivity contribution in [3.63, 3.8) is 0 Å². The van der Waals surface area contributed by atoms with Crippen LogP contribution < -0.4 is 5.32 Å².